The highest BCUT2D eigenvalue weighted by Crippen LogP contribution is 2.27. The molecule has 0 saturated heterocycles. The number of nitrogens with one attached hydrogen (secondary N) is 2. The van der Waals surface area contributed by atoms with Crippen LogP contribution >= 0.6 is 11.8 Å². The summed E-state index contributed by atoms with van der Waals surface area (Å²) in [5.41, 5.74) is 0.761. The van der Waals surface area contributed by atoms with Crippen LogP contribution in [0, 0.1) is 0 Å². The second-order valence-electron chi connectivity index (χ2n) is 6.06. The number of thioether (sulfide) groups is 1. The molecule has 2 unspecified atom stereocenters. The van der Waals surface area contributed by atoms with Gasteiger partial charge in [-0.15, -0.1) is 0 Å². The monoisotopic (exact) mass is 351 g/mol. The molecule has 0 spiro atoms. The van der Waals surface area contributed by atoms with Gasteiger partial charge in [0.1, 0.15) is 11.5 Å². The Morgan fingerprint density at radius 2 is 2.25 bits per heavy atom. The van der Waals surface area contributed by atoms with Crippen LogP contribution in [0.15, 0.2) is 23.2 Å². The lowest BCUT2D eigenvalue weighted by Crippen LogP contribution is -2.45. The lowest BCUT2D eigenvalue weighted by molar-refractivity contribution is 0.410. The molecule has 0 amide bonds. The number of hydrogen-bond acceptors (Lipinski definition) is 4. The van der Waals surface area contributed by atoms with Crippen LogP contribution in [0.2, 0.25) is 0 Å². The van der Waals surface area contributed by atoms with E-state index in [1.807, 2.05) is 17.8 Å². The number of phenolic OH excluding ortho intramolecular Hbond substituents is 1. The number of aliphatic imine (C=N–C) groups is 1. The Kier molecular flexibility index (Phi) is 7.56. The minimum Gasteiger partial charge on any atom is -0.508 e. The first-order valence-corrected chi connectivity index (χ1v) is 9.88. The molecule has 1 aromatic carbocycles. The first kappa shape index (κ1) is 18.8. The van der Waals surface area contributed by atoms with Crippen molar-refractivity contribution in [3.63, 3.8) is 0 Å². The Labute approximate surface area is 149 Å². The molecule has 1 aliphatic carbocycles. The van der Waals surface area contributed by atoms with Gasteiger partial charge < -0.3 is 20.5 Å². The average Bonchev–Trinajstić information content (AvgIpc) is 2.61. The third kappa shape index (κ3) is 5.51. The lowest BCUT2D eigenvalue weighted by Gasteiger charge is -2.29. The molecule has 0 aromatic heterocycles. The highest BCUT2D eigenvalue weighted by atomic mass is 32.2. The van der Waals surface area contributed by atoms with Gasteiger partial charge in [-0.1, -0.05) is 6.42 Å². The molecule has 1 aliphatic rings. The number of hydrogen-bond donors (Lipinski definition) is 3. The predicted octanol–water partition coefficient (Wildman–Crippen LogP) is 3.13. The molecule has 1 saturated carbocycles. The highest BCUT2D eigenvalue weighted by Gasteiger charge is 2.21. The van der Waals surface area contributed by atoms with Crippen LogP contribution in [-0.2, 0) is 6.54 Å². The molecule has 2 rings (SSSR count). The number of benzene rings is 1. The van der Waals surface area contributed by atoms with Gasteiger partial charge in [-0.2, -0.15) is 11.8 Å². The Morgan fingerprint density at radius 3 is 2.96 bits per heavy atom. The summed E-state index contributed by atoms with van der Waals surface area (Å²) in [6, 6.07) is 5.69. The molecule has 0 bridgehead atoms. The number of rotatable bonds is 6. The second-order valence-corrected chi connectivity index (χ2v) is 7.19. The first-order valence-electron chi connectivity index (χ1n) is 8.59. The van der Waals surface area contributed by atoms with E-state index in [-0.39, 0.29) is 5.75 Å². The molecular formula is C18H29N3O2S. The largest absolute Gasteiger partial charge is 0.508 e. The van der Waals surface area contributed by atoms with Crippen LogP contribution in [0.3, 0.4) is 0 Å². The molecule has 0 heterocycles. The van der Waals surface area contributed by atoms with Crippen LogP contribution < -0.4 is 15.4 Å². The summed E-state index contributed by atoms with van der Waals surface area (Å²) >= 11 is 1.96. The van der Waals surface area contributed by atoms with Gasteiger partial charge >= 0.3 is 0 Å². The summed E-state index contributed by atoms with van der Waals surface area (Å²) in [7, 11) is 1.62. The zero-order chi connectivity index (χ0) is 17.4. The number of nitrogens with zero attached hydrogens (tertiary/aromatic N) is 1. The van der Waals surface area contributed by atoms with Gasteiger partial charge in [-0.3, -0.25) is 0 Å². The molecule has 24 heavy (non-hydrogen) atoms. The maximum atomic E-state index is 9.99. The fourth-order valence-corrected chi connectivity index (χ4v) is 3.81. The minimum atomic E-state index is 0.246. The van der Waals surface area contributed by atoms with Gasteiger partial charge in [0.15, 0.2) is 5.96 Å². The second kappa shape index (κ2) is 9.67. The van der Waals surface area contributed by atoms with E-state index in [0.29, 0.717) is 12.6 Å². The van der Waals surface area contributed by atoms with Crippen LogP contribution in [0.1, 0.15) is 38.2 Å². The van der Waals surface area contributed by atoms with Gasteiger partial charge in [-0.25, -0.2) is 4.99 Å². The molecule has 1 fully saturated rings. The first-order chi connectivity index (χ1) is 11.7. The van der Waals surface area contributed by atoms with Crippen molar-refractivity contribution in [3.8, 4) is 11.5 Å². The number of aromatic hydroxyl groups is 1. The fraction of sp³-hybridized carbons (Fsp3) is 0.611. The number of phenols is 1. The van der Waals surface area contributed by atoms with E-state index in [4.69, 9.17) is 4.74 Å². The van der Waals surface area contributed by atoms with Crippen LogP contribution in [0.4, 0.5) is 0 Å². The molecule has 134 valence electrons. The Morgan fingerprint density at radius 1 is 1.42 bits per heavy atom. The maximum absolute atomic E-state index is 9.99. The topological polar surface area (TPSA) is 65.9 Å². The van der Waals surface area contributed by atoms with E-state index in [9.17, 15) is 5.11 Å². The lowest BCUT2D eigenvalue weighted by atomic mass is 9.95. The van der Waals surface area contributed by atoms with Crippen LogP contribution in [0.25, 0.3) is 0 Å². The SMILES string of the molecule is CCNC(=NCc1cc(OC)ccc1O)NC1CCCC(SC)C1. The van der Waals surface area contributed by atoms with Gasteiger partial charge in [0.05, 0.1) is 13.7 Å². The predicted molar refractivity (Wildman–Crippen MR) is 102 cm³/mol. The fourth-order valence-electron chi connectivity index (χ4n) is 2.98. The average molecular weight is 352 g/mol. The minimum absolute atomic E-state index is 0.246. The highest BCUT2D eigenvalue weighted by molar-refractivity contribution is 7.99. The molecule has 0 aliphatic heterocycles. The van der Waals surface area contributed by atoms with E-state index >= 15 is 0 Å². The third-order valence-corrected chi connectivity index (χ3v) is 5.43. The van der Waals surface area contributed by atoms with Crippen LogP contribution in [0.5, 0.6) is 11.5 Å². The van der Waals surface area contributed by atoms with Gasteiger partial charge in [-0.05, 0) is 50.6 Å². The molecule has 6 heteroatoms. The summed E-state index contributed by atoms with van der Waals surface area (Å²) in [5.74, 6) is 1.79. The summed E-state index contributed by atoms with van der Waals surface area (Å²) < 4.78 is 5.22. The Hall–Kier alpha value is -1.56. The summed E-state index contributed by atoms with van der Waals surface area (Å²) in [6.45, 7) is 3.29. The third-order valence-electron chi connectivity index (χ3n) is 4.34. The van der Waals surface area contributed by atoms with Crippen molar-refractivity contribution in [1.29, 1.82) is 0 Å². The summed E-state index contributed by atoms with van der Waals surface area (Å²) in [6.07, 6.45) is 7.13. The molecular weight excluding hydrogens is 322 g/mol. The Bertz CT molecular complexity index is 551. The smallest absolute Gasteiger partial charge is 0.191 e. The van der Waals surface area contributed by atoms with Crippen molar-refractivity contribution in [3.05, 3.63) is 23.8 Å². The molecule has 1 aromatic rings. The van der Waals surface area contributed by atoms with Crippen molar-refractivity contribution < 1.29 is 9.84 Å². The summed E-state index contributed by atoms with van der Waals surface area (Å²) in [4.78, 5) is 4.64. The van der Waals surface area contributed by atoms with E-state index in [1.165, 1.54) is 25.7 Å². The van der Waals surface area contributed by atoms with Gasteiger partial charge in [0.25, 0.3) is 0 Å². The van der Waals surface area contributed by atoms with E-state index < -0.39 is 0 Å². The summed E-state index contributed by atoms with van der Waals surface area (Å²) in [5, 5.41) is 17.6. The van der Waals surface area contributed by atoms with E-state index in [1.54, 1.807) is 19.2 Å². The molecule has 0 radical (unpaired) electrons. The molecule has 2 atom stereocenters. The van der Waals surface area contributed by atoms with Crippen molar-refractivity contribution in [1.82, 2.24) is 10.6 Å². The standard InChI is InChI=1S/C18H29N3O2S/c1-4-19-18(21-14-6-5-7-16(11-14)24-3)20-12-13-10-15(23-2)8-9-17(13)22/h8-10,14,16,22H,4-7,11-12H2,1-3H3,(H2,19,20,21). The number of guanidine groups is 1. The quantitative estimate of drug-likeness (QED) is 0.543. The molecule has 3 N–H and O–H groups in total. The maximum Gasteiger partial charge on any atom is 0.191 e. The van der Waals surface area contributed by atoms with Gasteiger partial charge in [0.2, 0.25) is 0 Å². The van der Waals surface area contributed by atoms with Crippen molar-refractivity contribution in [2.24, 2.45) is 4.99 Å². The van der Waals surface area contributed by atoms with Crippen molar-refractivity contribution in [2.75, 3.05) is 19.9 Å². The molecule has 5 nitrogen and oxygen atoms in total. The zero-order valence-electron chi connectivity index (χ0n) is 14.8. The van der Waals surface area contributed by atoms with Gasteiger partial charge in [0, 0.05) is 23.4 Å². The van der Waals surface area contributed by atoms with Crippen molar-refractivity contribution >= 4 is 17.7 Å². The van der Waals surface area contributed by atoms with Crippen molar-refractivity contribution in [2.45, 2.75) is 50.4 Å². The zero-order valence-corrected chi connectivity index (χ0v) is 15.7. The van der Waals surface area contributed by atoms with Crippen LogP contribution in [-0.4, -0.2) is 42.3 Å². The number of ether oxygens (including phenoxy) is 1. The number of methoxy groups -OCH3 is 1. The normalized spacial score (nSPS) is 21.4. The van der Waals surface area contributed by atoms with E-state index in [2.05, 4.69) is 28.8 Å². The Balaban J connectivity index is 2.02. The van der Waals surface area contributed by atoms with E-state index in [0.717, 1.165) is 29.1 Å².